The molecular weight excluding hydrogens is 358 g/mol. The van der Waals surface area contributed by atoms with Crippen LogP contribution in [0.5, 0.6) is 0 Å². The Morgan fingerprint density at radius 1 is 1.26 bits per heavy atom. The van der Waals surface area contributed by atoms with E-state index in [2.05, 4.69) is 41.2 Å². The Bertz CT molecular complexity index is 1120. The van der Waals surface area contributed by atoms with Gasteiger partial charge in [0.2, 0.25) is 0 Å². The van der Waals surface area contributed by atoms with Crippen LogP contribution in [0.15, 0.2) is 29.6 Å². The number of amides is 1. The van der Waals surface area contributed by atoms with Gasteiger partial charge in [-0.05, 0) is 55.0 Å². The molecule has 0 atom stereocenters. The summed E-state index contributed by atoms with van der Waals surface area (Å²) >= 11 is 1.48. The van der Waals surface area contributed by atoms with E-state index in [0.717, 1.165) is 45.1 Å². The molecule has 7 heteroatoms. The van der Waals surface area contributed by atoms with E-state index in [0.29, 0.717) is 13.1 Å². The van der Waals surface area contributed by atoms with Crippen LogP contribution in [0.3, 0.4) is 0 Å². The Morgan fingerprint density at radius 3 is 2.93 bits per heavy atom. The first kappa shape index (κ1) is 16.3. The van der Waals surface area contributed by atoms with Gasteiger partial charge in [0.25, 0.3) is 5.91 Å². The van der Waals surface area contributed by atoms with Gasteiger partial charge in [0.05, 0.1) is 28.1 Å². The smallest absolute Gasteiger partial charge is 0.264 e. The fourth-order valence-electron chi connectivity index (χ4n) is 3.63. The molecule has 4 heterocycles. The van der Waals surface area contributed by atoms with Gasteiger partial charge in [0.15, 0.2) is 5.82 Å². The SMILES string of the molecule is Cc1cc2nc(-c3n[nH]c4c3CCN(C(=O)c3cccs3)C4)[nH]c2cc1C. The number of aromatic nitrogens is 4. The van der Waals surface area contributed by atoms with Crippen LogP contribution in [0.4, 0.5) is 0 Å². The highest BCUT2D eigenvalue weighted by Gasteiger charge is 2.27. The minimum atomic E-state index is 0.0847. The third-order valence-electron chi connectivity index (χ3n) is 5.27. The van der Waals surface area contributed by atoms with Crippen LogP contribution in [0.2, 0.25) is 0 Å². The summed E-state index contributed by atoms with van der Waals surface area (Å²) in [5, 5.41) is 9.56. The Balaban J connectivity index is 1.47. The van der Waals surface area contributed by atoms with E-state index in [1.165, 1.54) is 22.5 Å². The second kappa shape index (κ2) is 6.06. The van der Waals surface area contributed by atoms with Crippen LogP contribution in [0.25, 0.3) is 22.6 Å². The molecule has 1 amide bonds. The number of aromatic amines is 2. The van der Waals surface area contributed by atoms with Crippen molar-refractivity contribution in [2.45, 2.75) is 26.8 Å². The summed E-state index contributed by atoms with van der Waals surface area (Å²) in [5.74, 6) is 0.868. The summed E-state index contributed by atoms with van der Waals surface area (Å²) in [6.45, 7) is 5.44. The fraction of sp³-hybridized carbons (Fsp3) is 0.250. The van der Waals surface area contributed by atoms with Crippen LogP contribution in [0, 0.1) is 13.8 Å². The lowest BCUT2D eigenvalue weighted by Crippen LogP contribution is -2.35. The van der Waals surface area contributed by atoms with Gasteiger partial charge in [-0.1, -0.05) is 6.07 Å². The number of carbonyl (C=O) groups excluding carboxylic acids is 1. The number of imidazole rings is 1. The molecule has 1 aromatic carbocycles. The summed E-state index contributed by atoms with van der Waals surface area (Å²) in [6.07, 6.45) is 0.771. The monoisotopic (exact) mass is 377 g/mol. The van der Waals surface area contributed by atoms with E-state index in [1.54, 1.807) is 0 Å². The van der Waals surface area contributed by atoms with E-state index in [9.17, 15) is 4.79 Å². The van der Waals surface area contributed by atoms with Gasteiger partial charge in [-0.25, -0.2) is 4.98 Å². The van der Waals surface area contributed by atoms with Crippen molar-refractivity contribution in [2.24, 2.45) is 0 Å². The number of rotatable bonds is 2. The van der Waals surface area contributed by atoms with E-state index < -0.39 is 0 Å². The number of benzene rings is 1. The molecule has 0 fully saturated rings. The molecule has 6 nitrogen and oxygen atoms in total. The van der Waals surface area contributed by atoms with Crippen molar-refractivity contribution < 1.29 is 4.79 Å². The highest BCUT2D eigenvalue weighted by atomic mass is 32.1. The van der Waals surface area contributed by atoms with Crippen molar-refractivity contribution >= 4 is 28.3 Å². The van der Waals surface area contributed by atoms with Crippen molar-refractivity contribution in [1.29, 1.82) is 0 Å². The minimum absolute atomic E-state index is 0.0847. The van der Waals surface area contributed by atoms with Crippen molar-refractivity contribution in [1.82, 2.24) is 25.1 Å². The quantitative estimate of drug-likeness (QED) is 0.557. The lowest BCUT2D eigenvalue weighted by atomic mass is 10.0. The summed E-state index contributed by atoms with van der Waals surface area (Å²) in [7, 11) is 0. The molecule has 0 saturated carbocycles. The van der Waals surface area contributed by atoms with Crippen LogP contribution in [-0.2, 0) is 13.0 Å². The maximum Gasteiger partial charge on any atom is 0.264 e. The number of fused-ring (bicyclic) bond motifs is 2. The Labute approximate surface area is 160 Å². The van der Waals surface area contributed by atoms with Gasteiger partial charge >= 0.3 is 0 Å². The molecule has 3 aromatic heterocycles. The summed E-state index contributed by atoms with van der Waals surface area (Å²) in [4.78, 5) is 23.4. The Morgan fingerprint density at radius 2 is 2.11 bits per heavy atom. The topological polar surface area (TPSA) is 77.7 Å². The van der Waals surface area contributed by atoms with Crippen molar-refractivity contribution in [3.05, 3.63) is 56.9 Å². The zero-order valence-electron chi connectivity index (χ0n) is 15.2. The second-order valence-electron chi connectivity index (χ2n) is 7.02. The second-order valence-corrected chi connectivity index (χ2v) is 7.97. The highest BCUT2D eigenvalue weighted by molar-refractivity contribution is 7.12. The molecule has 4 aromatic rings. The van der Waals surface area contributed by atoms with E-state index >= 15 is 0 Å². The lowest BCUT2D eigenvalue weighted by Gasteiger charge is -2.26. The molecule has 27 heavy (non-hydrogen) atoms. The normalized spacial score (nSPS) is 13.9. The van der Waals surface area contributed by atoms with Gasteiger partial charge in [0.1, 0.15) is 5.69 Å². The molecule has 0 saturated heterocycles. The number of nitrogens with one attached hydrogen (secondary N) is 2. The summed E-state index contributed by atoms with van der Waals surface area (Å²) in [6, 6.07) is 8.01. The molecule has 5 rings (SSSR count). The Hall–Kier alpha value is -2.93. The first-order valence-corrected chi connectivity index (χ1v) is 9.84. The zero-order chi connectivity index (χ0) is 18.5. The van der Waals surface area contributed by atoms with Crippen molar-refractivity contribution in [2.75, 3.05) is 6.54 Å². The molecule has 0 unspecified atom stereocenters. The average Bonchev–Trinajstić information content (AvgIpc) is 3.40. The first-order chi connectivity index (χ1) is 13.1. The van der Waals surface area contributed by atoms with Crippen LogP contribution in [-0.4, -0.2) is 37.5 Å². The number of hydrogen-bond donors (Lipinski definition) is 2. The summed E-state index contributed by atoms with van der Waals surface area (Å²) in [5.41, 5.74) is 7.45. The number of nitrogens with zero attached hydrogens (tertiary/aromatic N) is 3. The van der Waals surface area contributed by atoms with Gasteiger partial charge in [0, 0.05) is 12.1 Å². The minimum Gasteiger partial charge on any atom is -0.337 e. The van der Waals surface area contributed by atoms with Crippen LogP contribution < -0.4 is 0 Å². The van der Waals surface area contributed by atoms with Gasteiger partial charge in [-0.3, -0.25) is 9.89 Å². The lowest BCUT2D eigenvalue weighted by molar-refractivity contribution is 0.0737. The number of H-pyrrole nitrogens is 2. The first-order valence-electron chi connectivity index (χ1n) is 8.96. The average molecular weight is 377 g/mol. The molecule has 0 spiro atoms. The van der Waals surface area contributed by atoms with Crippen LogP contribution in [0.1, 0.15) is 32.1 Å². The highest BCUT2D eigenvalue weighted by Crippen LogP contribution is 2.29. The zero-order valence-corrected chi connectivity index (χ0v) is 16.0. The summed E-state index contributed by atoms with van der Waals surface area (Å²) < 4.78 is 0. The molecule has 136 valence electrons. The Kier molecular flexibility index (Phi) is 3.65. The fourth-order valence-corrected chi connectivity index (χ4v) is 4.32. The van der Waals surface area contributed by atoms with Gasteiger partial charge < -0.3 is 9.88 Å². The van der Waals surface area contributed by atoms with E-state index in [4.69, 9.17) is 4.98 Å². The number of hydrogen-bond acceptors (Lipinski definition) is 4. The molecule has 0 aliphatic carbocycles. The molecular formula is C20H19N5OS. The number of thiophene rings is 1. The largest absolute Gasteiger partial charge is 0.337 e. The molecule has 1 aliphatic rings. The van der Waals surface area contributed by atoms with Gasteiger partial charge in [-0.15, -0.1) is 11.3 Å². The van der Waals surface area contributed by atoms with E-state index in [1.807, 2.05) is 22.4 Å². The standard InChI is InChI=1S/C20H19N5OS/c1-11-8-14-15(9-12(11)2)22-19(21-14)18-13-5-6-25(10-16(13)23-24-18)20(26)17-4-3-7-27-17/h3-4,7-9H,5-6,10H2,1-2H3,(H,21,22)(H,23,24). The maximum atomic E-state index is 12.6. The number of carbonyl (C=O) groups is 1. The van der Waals surface area contributed by atoms with Gasteiger partial charge in [-0.2, -0.15) is 5.10 Å². The predicted octanol–water partition coefficient (Wildman–Crippen LogP) is 3.83. The third-order valence-corrected chi connectivity index (χ3v) is 6.13. The van der Waals surface area contributed by atoms with E-state index in [-0.39, 0.29) is 5.91 Å². The molecule has 0 bridgehead atoms. The number of aryl methyl sites for hydroxylation is 2. The molecule has 0 radical (unpaired) electrons. The van der Waals surface area contributed by atoms with Crippen molar-refractivity contribution in [3.8, 4) is 11.5 Å². The predicted molar refractivity (Wildman–Crippen MR) is 106 cm³/mol. The molecule has 2 N–H and O–H groups in total. The third kappa shape index (κ3) is 2.66. The van der Waals surface area contributed by atoms with Crippen molar-refractivity contribution in [3.63, 3.8) is 0 Å². The molecule has 1 aliphatic heterocycles. The van der Waals surface area contributed by atoms with Crippen LogP contribution >= 0.6 is 11.3 Å². The maximum absolute atomic E-state index is 12.6.